The van der Waals surface area contributed by atoms with E-state index >= 15 is 0 Å². The van der Waals surface area contributed by atoms with Gasteiger partial charge >= 0.3 is 5.97 Å². The van der Waals surface area contributed by atoms with E-state index in [0.29, 0.717) is 5.69 Å². The molecule has 2 N–H and O–H groups in total. The van der Waals surface area contributed by atoms with Gasteiger partial charge in [0.15, 0.2) is 0 Å². The van der Waals surface area contributed by atoms with Crippen LogP contribution >= 0.6 is 0 Å². The summed E-state index contributed by atoms with van der Waals surface area (Å²) in [5, 5.41) is 17.8. The van der Waals surface area contributed by atoms with Gasteiger partial charge < -0.3 is 19.7 Å². The van der Waals surface area contributed by atoms with Crippen molar-refractivity contribution < 1.29 is 19.8 Å². The first-order chi connectivity index (χ1) is 8.81. The Bertz CT molecular complexity index is 550. The minimum absolute atomic E-state index is 0.0834. The number of rotatable bonds is 5. The van der Waals surface area contributed by atoms with Crippen LogP contribution < -0.4 is 5.56 Å². The van der Waals surface area contributed by atoms with Crippen molar-refractivity contribution >= 4 is 11.9 Å². The first kappa shape index (κ1) is 14.7. The van der Waals surface area contributed by atoms with E-state index in [1.807, 2.05) is 0 Å². The number of carbonyl (C=O) groups excluding carboxylic acids is 1. The summed E-state index contributed by atoms with van der Waals surface area (Å²) in [7, 11) is 1.48. The molecular formula is C12H16N2O5. The number of aromatic hydroxyl groups is 1. The smallest absolute Gasteiger partial charge is 0.305 e. The van der Waals surface area contributed by atoms with Crippen LogP contribution in [0, 0.1) is 6.92 Å². The predicted molar refractivity (Wildman–Crippen MR) is 67.0 cm³/mol. The van der Waals surface area contributed by atoms with E-state index in [-0.39, 0.29) is 31.2 Å². The molecule has 1 aromatic heterocycles. The first-order valence-electron chi connectivity index (χ1n) is 5.67. The molecule has 0 fully saturated rings. The molecule has 0 atom stereocenters. The Hall–Kier alpha value is -2.31. The number of pyridine rings is 1. The number of hydrogen-bond donors (Lipinski definition) is 2. The second kappa shape index (κ2) is 6.03. The van der Waals surface area contributed by atoms with Crippen LogP contribution in [0.2, 0.25) is 0 Å². The second-order valence-corrected chi connectivity index (χ2v) is 4.24. The lowest BCUT2D eigenvalue weighted by Crippen LogP contribution is -2.35. The van der Waals surface area contributed by atoms with Crippen LogP contribution in [-0.4, -0.2) is 45.1 Å². The number of aliphatic carboxylic acids is 1. The Morgan fingerprint density at radius 2 is 2.00 bits per heavy atom. The van der Waals surface area contributed by atoms with Crippen molar-refractivity contribution in [3.63, 3.8) is 0 Å². The molecule has 1 amide bonds. The van der Waals surface area contributed by atoms with Gasteiger partial charge in [-0.3, -0.25) is 14.4 Å². The summed E-state index contributed by atoms with van der Waals surface area (Å²) in [6, 6.07) is 2.41. The zero-order chi connectivity index (χ0) is 14.6. The summed E-state index contributed by atoms with van der Waals surface area (Å²) in [5.74, 6) is -1.50. The number of carboxylic acid groups (broad SMARTS) is 1. The molecule has 0 bridgehead atoms. The summed E-state index contributed by atoms with van der Waals surface area (Å²) in [6.07, 6.45) is -0.147. The maximum atomic E-state index is 11.8. The summed E-state index contributed by atoms with van der Waals surface area (Å²) in [4.78, 5) is 35.1. The molecule has 1 rings (SSSR count). The Balaban J connectivity index is 2.77. The molecule has 19 heavy (non-hydrogen) atoms. The van der Waals surface area contributed by atoms with Crippen LogP contribution in [0.5, 0.6) is 5.75 Å². The van der Waals surface area contributed by atoms with Gasteiger partial charge in [0, 0.05) is 25.4 Å². The van der Waals surface area contributed by atoms with E-state index in [1.165, 1.54) is 22.6 Å². The fraction of sp³-hybridized carbons (Fsp3) is 0.417. The van der Waals surface area contributed by atoms with Crippen LogP contribution in [0.25, 0.3) is 0 Å². The van der Waals surface area contributed by atoms with Gasteiger partial charge in [-0.05, 0) is 13.0 Å². The summed E-state index contributed by atoms with van der Waals surface area (Å²) in [5.41, 5.74) is -0.0116. The Morgan fingerprint density at radius 3 is 2.53 bits per heavy atom. The molecule has 0 spiro atoms. The summed E-state index contributed by atoms with van der Waals surface area (Å²) >= 11 is 0. The SMILES string of the molecule is Cc1cc(O)cc(=O)n1CC(=O)N(C)CCC(=O)O. The molecule has 0 saturated heterocycles. The van der Waals surface area contributed by atoms with E-state index in [1.54, 1.807) is 6.92 Å². The number of nitrogens with zero attached hydrogens (tertiary/aromatic N) is 2. The zero-order valence-electron chi connectivity index (χ0n) is 10.8. The van der Waals surface area contributed by atoms with E-state index in [2.05, 4.69) is 0 Å². The molecule has 0 aliphatic heterocycles. The highest BCUT2D eigenvalue weighted by atomic mass is 16.4. The van der Waals surface area contributed by atoms with Crippen LogP contribution in [0.3, 0.4) is 0 Å². The van der Waals surface area contributed by atoms with Gasteiger partial charge in [0.05, 0.1) is 6.42 Å². The maximum Gasteiger partial charge on any atom is 0.305 e. The molecular weight excluding hydrogens is 252 g/mol. The fourth-order valence-corrected chi connectivity index (χ4v) is 1.56. The number of aromatic nitrogens is 1. The molecule has 0 aromatic carbocycles. The van der Waals surface area contributed by atoms with Crippen LogP contribution in [0.1, 0.15) is 12.1 Å². The normalized spacial score (nSPS) is 10.2. The third-order valence-electron chi connectivity index (χ3n) is 2.70. The number of hydrogen-bond acceptors (Lipinski definition) is 4. The minimum atomic E-state index is -0.988. The number of carboxylic acids is 1. The standard InChI is InChI=1S/C12H16N2O5/c1-8-5-9(15)6-10(16)14(8)7-11(17)13(2)4-3-12(18)19/h5-6,15H,3-4,7H2,1-2H3,(H,18,19). The minimum Gasteiger partial charge on any atom is -0.508 e. The van der Waals surface area contributed by atoms with E-state index in [0.717, 1.165) is 6.07 Å². The zero-order valence-corrected chi connectivity index (χ0v) is 10.8. The third kappa shape index (κ3) is 4.13. The van der Waals surface area contributed by atoms with E-state index in [9.17, 15) is 19.5 Å². The first-order valence-corrected chi connectivity index (χ1v) is 5.67. The van der Waals surface area contributed by atoms with Crippen molar-refractivity contribution in [2.24, 2.45) is 0 Å². The predicted octanol–water partition coefficient (Wildman–Crippen LogP) is -0.205. The number of carbonyl (C=O) groups is 2. The highest BCUT2D eigenvalue weighted by Gasteiger charge is 2.13. The van der Waals surface area contributed by atoms with Gasteiger partial charge in [-0.1, -0.05) is 0 Å². The van der Waals surface area contributed by atoms with Gasteiger partial charge in [-0.25, -0.2) is 0 Å². The largest absolute Gasteiger partial charge is 0.508 e. The molecule has 1 heterocycles. The molecule has 0 unspecified atom stereocenters. The van der Waals surface area contributed by atoms with E-state index < -0.39 is 11.5 Å². The van der Waals surface area contributed by atoms with Crippen molar-refractivity contribution in [1.82, 2.24) is 9.47 Å². The highest BCUT2D eigenvalue weighted by molar-refractivity contribution is 5.76. The number of amides is 1. The Morgan fingerprint density at radius 1 is 1.37 bits per heavy atom. The van der Waals surface area contributed by atoms with Crippen molar-refractivity contribution in [1.29, 1.82) is 0 Å². The van der Waals surface area contributed by atoms with E-state index in [4.69, 9.17) is 5.11 Å². The lowest BCUT2D eigenvalue weighted by Gasteiger charge is -2.17. The van der Waals surface area contributed by atoms with Crippen LogP contribution in [0.15, 0.2) is 16.9 Å². The number of likely N-dealkylation sites (N-methyl/N-ethyl adjacent to an activating group) is 1. The van der Waals surface area contributed by atoms with Crippen molar-refractivity contribution in [2.45, 2.75) is 19.9 Å². The molecule has 7 heteroatoms. The molecule has 0 aliphatic carbocycles. The monoisotopic (exact) mass is 268 g/mol. The van der Waals surface area contributed by atoms with Crippen molar-refractivity contribution in [3.05, 3.63) is 28.2 Å². The molecule has 0 aliphatic rings. The van der Waals surface area contributed by atoms with Gasteiger partial charge in [0.1, 0.15) is 12.3 Å². The van der Waals surface area contributed by atoms with Crippen molar-refractivity contribution in [3.8, 4) is 5.75 Å². The summed E-state index contributed by atoms with van der Waals surface area (Å²) < 4.78 is 1.22. The fourth-order valence-electron chi connectivity index (χ4n) is 1.56. The average molecular weight is 268 g/mol. The van der Waals surface area contributed by atoms with Crippen LogP contribution in [-0.2, 0) is 16.1 Å². The summed E-state index contributed by atoms with van der Waals surface area (Å²) in [6.45, 7) is 1.51. The topological polar surface area (TPSA) is 99.8 Å². The molecule has 0 radical (unpaired) electrons. The third-order valence-corrected chi connectivity index (χ3v) is 2.70. The average Bonchev–Trinajstić information content (AvgIpc) is 2.30. The van der Waals surface area contributed by atoms with Gasteiger partial charge in [-0.2, -0.15) is 0 Å². The lowest BCUT2D eigenvalue weighted by molar-refractivity contribution is -0.138. The second-order valence-electron chi connectivity index (χ2n) is 4.24. The number of aryl methyl sites for hydroxylation is 1. The quantitative estimate of drug-likeness (QED) is 0.770. The van der Waals surface area contributed by atoms with Gasteiger partial charge in [-0.15, -0.1) is 0 Å². The lowest BCUT2D eigenvalue weighted by atomic mass is 10.3. The van der Waals surface area contributed by atoms with Crippen molar-refractivity contribution in [2.75, 3.05) is 13.6 Å². The maximum absolute atomic E-state index is 11.8. The Labute approximate surface area is 109 Å². The Kier molecular flexibility index (Phi) is 4.68. The molecule has 104 valence electrons. The highest BCUT2D eigenvalue weighted by Crippen LogP contribution is 2.07. The van der Waals surface area contributed by atoms with Gasteiger partial charge in [0.25, 0.3) is 5.56 Å². The molecule has 0 saturated carbocycles. The van der Waals surface area contributed by atoms with Gasteiger partial charge in [0.2, 0.25) is 5.91 Å². The molecule has 1 aromatic rings. The molecule has 7 nitrogen and oxygen atoms in total. The van der Waals surface area contributed by atoms with Crippen LogP contribution in [0.4, 0.5) is 0 Å².